The van der Waals surface area contributed by atoms with Crippen molar-refractivity contribution < 1.29 is 26.7 Å². The van der Waals surface area contributed by atoms with Gasteiger partial charge in [-0.25, -0.2) is 13.1 Å². The van der Waals surface area contributed by atoms with E-state index < -0.39 is 35.8 Å². The summed E-state index contributed by atoms with van der Waals surface area (Å²) in [5.41, 5.74) is 0.234. The van der Waals surface area contributed by atoms with Gasteiger partial charge in [0.1, 0.15) is 11.5 Å². The third kappa shape index (κ3) is 5.56. The monoisotopic (exact) mass is 308 g/mol. The van der Waals surface area contributed by atoms with Gasteiger partial charge in [0.25, 0.3) is 0 Å². The standard InChI is InChI=1S/C11H11F3N2O3S/c12-11(13,14)3-4-16-20(18,19)10-6-9(2-1-5-17)7-15-8-10/h6-8,16-17H,3-5H2. The van der Waals surface area contributed by atoms with Gasteiger partial charge >= 0.3 is 6.18 Å². The molecule has 20 heavy (non-hydrogen) atoms. The van der Waals surface area contributed by atoms with E-state index in [0.29, 0.717) is 0 Å². The van der Waals surface area contributed by atoms with Gasteiger partial charge in [0.2, 0.25) is 10.0 Å². The molecule has 0 fully saturated rings. The lowest BCUT2D eigenvalue weighted by Gasteiger charge is -2.08. The number of nitrogens with one attached hydrogen (secondary N) is 1. The lowest BCUT2D eigenvalue weighted by molar-refractivity contribution is -0.132. The maximum absolute atomic E-state index is 11.9. The van der Waals surface area contributed by atoms with Crippen molar-refractivity contribution in [3.8, 4) is 11.8 Å². The molecule has 0 amide bonds. The molecule has 0 aliphatic carbocycles. The summed E-state index contributed by atoms with van der Waals surface area (Å²) in [6.07, 6.45) is -3.42. The molecule has 0 saturated carbocycles. The van der Waals surface area contributed by atoms with Crippen LogP contribution in [0.5, 0.6) is 0 Å². The van der Waals surface area contributed by atoms with Crippen LogP contribution in [0.15, 0.2) is 23.4 Å². The van der Waals surface area contributed by atoms with Crippen LogP contribution in [-0.4, -0.2) is 37.8 Å². The van der Waals surface area contributed by atoms with Crippen LogP contribution in [0.3, 0.4) is 0 Å². The average molecular weight is 308 g/mol. The zero-order valence-corrected chi connectivity index (χ0v) is 10.9. The van der Waals surface area contributed by atoms with Crippen LogP contribution in [0.1, 0.15) is 12.0 Å². The third-order valence-electron chi connectivity index (χ3n) is 2.04. The number of alkyl halides is 3. The van der Waals surface area contributed by atoms with Crippen LogP contribution in [0, 0.1) is 11.8 Å². The number of aliphatic hydroxyl groups is 1. The Morgan fingerprint density at radius 2 is 2.05 bits per heavy atom. The summed E-state index contributed by atoms with van der Waals surface area (Å²) in [6, 6.07) is 1.16. The Morgan fingerprint density at radius 1 is 1.35 bits per heavy atom. The molecule has 0 bridgehead atoms. The molecule has 1 heterocycles. The van der Waals surface area contributed by atoms with Crippen LogP contribution >= 0.6 is 0 Å². The fourth-order valence-electron chi connectivity index (χ4n) is 1.19. The predicted molar refractivity (Wildman–Crippen MR) is 64.1 cm³/mol. The molecule has 2 N–H and O–H groups in total. The Kier molecular flexibility index (Phi) is 5.50. The summed E-state index contributed by atoms with van der Waals surface area (Å²) >= 11 is 0. The van der Waals surface area contributed by atoms with E-state index in [0.717, 1.165) is 12.3 Å². The minimum atomic E-state index is -4.44. The van der Waals surface area contributed by atoms with Crippen LogP contribution in [-0.2, 0) is 10.0 Å². The van der Waals surface area contributed by atoms with E-state index in [4.69, 9.17) is 5.11 Å². The number of aliphatic hydroxyl groups excluding tert-OH is 1. The van der Waals surface area contributed by atoms with Crippen molar-refractivity contribution in [3.63, 3.8) is 0 Å². The normalized spacial score (nSPS) is 11.8. The molecular formula is C11H11F3N2O3S. The van der Waals surface area contributed by atoms with Gasteiger partial charge in [-0.3, -0.25) is 4.98 Å². The van der Waals surface area contributed by atoms with E-state index in [9.17, 15) is 21.6 Å². The lowest BCUT2D eigenvalue weighted by Crippen LogP contribution is -2.28. The Hall–Kier alpha value is -1.63. The van der Waals surface area contributed by atoms with Gasteiger partial charge in [0.15, 0.2) is 0 Å². The van der Waals surface area contributed by atoms with Crippen molar-refractivity contribution in [3.05, 3.63) is 24.0 Å². The summed E-state index contributed by atoms with van der Waals surface area (Å²) in [5.74, 6) is 4.76. The SMILES string of the molecule is O=S(=O)(NCCC(F)(F)F)c1cncc(C#CCO)c1. The number of pyridine rings is 1. The largest absolute Gasteiger partial charge is 0.390 e. The highest BCUT2D eigenvalue weighted by Gasteiger charge is 2.27. The number of aromatic nitrogens is 1. The molecule has 0 atom stereocenters. The first-order valence-electron chi connectivity index (χ1n) is 5.36. The summed E-state index contributed by atoms with van der Waals surface area (Å²) < 4.78 is 61.1. The van der Waals surface area contributed by atoms with E-state index in [2.05, 4.69) is 16.8 Å². The van der Waals surface area contributed by atoms with Crippen molar-refractivity contribution in [2.24, 2.45) is 0 Å². The lowest BCUT2D eigenvalue weighted by atomic mass is 10.3. The van der Waals surface area contributed by atoms with Gasteiger partial charge in [0, 0.05) is 24.5 Å². The molecule has 0 unspecified atom stereocenters. The third-order valence-corrected chi connectivity index (χ3v) is 3.46. The molecule has 0 spiro atoms. The molecule has 0 aliphatic rings. The second kappa shape index (κ2) is 6.69. The molecule has 1 rings (SSSR count). The van der Waals surface area contributed by atoms with Crippen molar-refractivity contribution >= 4 is 10.0 Å². The van der Waals surface area contributed by atoms with E-state index in [1.807, 2.05) is 4.72 Å². The van der Waals surface area contributed by atoms with Gasteiger partial charge in [0.05, 0.1) is 6.42 Å². The smallest absolute Gasteiger partial charge is 0.384 e. The number of sulfonamides is 1. The first-order chi connectivity index (χ1) is 9.24. The van der Waals surface area contributed by atoms with Crippen LogP contribution in [0.2, 0.25) is 0 Å². The quantitative estimate of drug-likeness (QED) is 0.801. The number of nitrogens with zero attached hydrogens (tertiary/aromatic N) is 1. The van der Waals surface area contributed by atoms with E-state index >= 15 is 0 Å². The molecule has 0 radical (unpaired) electrons. The van der Waals surface area contributed by atoms with Crippen molar-refractivity contribution in [1.82, 2.24) is 9.71 Å². The van der Waals surface area contributed by atoms with Crippen molar-refractivity contribution in [2.45, 2.75) is 17.5 Å². The number of rotatable bonds is 4. The molecule has 0 aromatic carbocycles. The molecule has 1 aromatic heterocycles. The molecule has 5 nitrogen and oxygen atoms in total. The average Bonchev–Trinajstić information content (AvgIpc) is 2.35. The first-order valence-corrected chi connectivity index (χ1v) is 6.84. The Morgan fingerprint density at radius 3 is 2.65 bits per heavy atom. The van der Waals surface area contributed by atoms with Gasteiger partial charge in [-0.05, 0) is 6.07 Å². The van der Waals surface area contributed by atoms with Gasteiger partial charge in [-0.2, -0.15) is 13.2 Å². The Balaban J connectivity index is 2.82. The molecule has 0 aliphatic heterocycles. The van der Waals surface area contributed by atoms with Crippen LogP contribution in [0.25, 0.3) is 0 Å². The Bertz CT molecular complexity index is 618. The molecule has 0 saturated heterocycles. The number of hydrogen-bond donors (Lipinski definition) is 2. The highest BCUT2D eigenvalue weighted by Crippen LogP contribution is 2.18. The van der Waals surface area contributed by atoms with E-state index in [1.165, 1.54) is 6.20 Å². The second-order valence-corrected chi connectivity index (χ2v) is 5.40. The summed E-state index contributed by atoms with van der Waals surface area (Å²) in [7, 11) is -4.07. The fraction of sp³-hybridized carbons (Fsp3) is 0.364. The van der Waals surface area contributed by atoms with Gasteiger partial charge in [-0.15, -0.1) is 0 Å². The molecule has 9 heteroatoms. The van der Waals surface area contributed by atoms with E-state index in [1.54, 1.807) is 0 Å². The first kappa shape index (κ1) is 16.4. The highest BCUT2D eigenvalue weighted by atomic mass is 32.2. The summed E-state index contributed by atoms with van der Waals surface area (Å²) in [6.45, 7) is -1.15. The van der Waals surface area contributed by atoms with Gasteiger partial charge < -0.3 is 5.11 Å². The number of halogens is 3. The van der Waals surface area contributed by atoms with E-state index in [-0.39, 0.29) is 10.5 Å². The topological polar surface area (TPSA) is 79.3 Å². The zero-order chi connectivity index (χ0) is 15.2. The minimum absolute atomic E-state index is 0.234. The molecule has 1 aromatic rings. The highest BCUT2D eigenvalue weighted by molar-refractivity contribution is 7.89. The van der Waals surface area contributed by atoms with Crippen LogP contribution < -0.4 is 4.72 Å². The van der Waals surface area contributed by atoms with Crippen molar-refractivity contribution in [2.75, 3.05) is 13.2 Å². The summed E-state index contributed by atoms with van der Waals surface area (Å²) in [5, 5.41) is 8.52. The zero-order valence-electron chi connectivity index (χ0n) is 10.1. The number of hydrogen-bond acceptors (Lipinski definition) is 4. The predicted octanol–water partition coefficient (Wildman–Crippen LogP) is 0.656. The fourth-order valence-corrected chi connectivity index (χ4v) is 2.21. The Labute approximate surface area is 113 Å². The summed E-state index contributed by atoms with van der Waals surface area (Å²) in [4.78, 5) is 3.35. The van der Waals surface area contributed by atoms with Crippen molar-refractivity contribution in [1.29, 1.82) is 0 Å². The van der Waals surface area contributed by atoms with Crippen LogP contribution in [0.4, 0.5) is 13.2 Å². The molecular weight excluding hydrogens is 297 g/mol. The minimum Gasteiger partial charge on any atom is -0.384 e. The van der Waals surface area contributed by atoms with Gasteiger partial charge in [-0.1, -0.05) is 11.8 Å². The maximum atomic E-state index is 11.9. The molecule has 110 valence electrons. The second-order valence-electron chi connectivity index (χ2n) is 3.63. The maximum Gasteiger partial charge on any atom is 0.390 e.